The number of aryl methyl sites for hydroxylation is 1. The van der Waals surface area contributed by atoms with E-state index in [0.29, 0.717) is 29.6 Å². The average molecular weight is 429 g/mol. The number of nitrogens with zero attached hydrogens (tertiary/aromatic N) is 3. The second kappa shape index (κ2) is 8.00. The van der Waals surface area contributed by atoms with Crippen LogP contribution in [0.2, 0.25) is 0 Å². The number of hydrogen-bond donors (Lipinski definition) is 0. The van der Waals surface area contributed by atoms with E-state index in [0.717, 1.165) is 22.9 Å². The predicted octanol–water partition coefficient (Wildman–Crippen LogP) is 3.54. The molecule has 1 aliphatic heterocycles. The van der Waals surface area contributed by atoms with E-state index in [1.807, 2.05) is 50.2 Å². The summed E-state index contributed by atoms with van der Waals surface area (Å²) >= 11 is 0. The van der Waals surface area contributed by atoms with E-state index >= 15 is 0 Å². The molecule has 0 N–H and O–H groups in total. The van der Waals surface area contributed by atoms with Crippen LogP contribution in [0, 0.1) is 13.8 Å². The van der Waals surface area contributed by atoms with Crippen LogP contribution in [0.3, 0.4) is 0 Å². The van der Waals surface area contributed by atoms with Crippen LogP contribution < -0.4 is 15.0 Å². The number of ketones is 1. The Kier molecular flexibility index (Phi) is 5.01. The minimum Gasteiger partial charge on any atom is -0.486 e. The number of hydrogen-bond acceptors (Lipinski definition) is 5. The second-order valence-electron chi connectivity index (χ2n) is 8.01. The van der Waals surface area contributed by atoms with E-state index in [2.05, 4.69) is 9.55 Å². The highest BCUT2D eigenvalue weighted by Gasteiger charge is 2.24. The lowest BCUT2D eigenvalue weighted by molar-refractivity contribution is 0.0777. The van der Waals surface area contributed by atoms with Crippen molar-refractivity contribution in [2.75, 3.05) is 6.61 Å². The largest absolute Gasteiger partial charge is 0.486 e. The van der Waals surface area contributed by atoms with Gasteiger partial charge in [0.25, 0.3) is 5.56 Å². The van der Waals surface area contributed by atoms with E-state index < -0.39 is 0 Å². The highest BCUT2D eigenvalue weighted by Crippen LogP contribution is 2.31. The highest BCUT2D eigenvalue weighted by atomic mass is 16.6. The summed E-state index contributed by atoms with van der Waals surface area (Å²) in [5.74, 6) is 1.34. The molecule has 162 valence electrons. The number of ether oxygens (including phenoxy) is 2. The molecule has 5 rings (SSSR count). The Labute approximate surface area is 184 Å². The van der Waals surface area contributed by atoms with Gasteiger partial charge in [-0.25, -0.2) is 4.98 Å². The Morgan fingerprint density at radius 2 is 1.84 bits per heavy atom. The fourth-order valence-electron chi connectivity index (χ4n) is 4.18. The first-order chi connectivity index (χ1) is 15.5. The molecule has 0 aliphatic carbocycles. The molecule has 0 amide bonds. The maximum absolute atomic E-state index is 13.1. The minimum atomic E-state index is -0.218. The molecular weight excluding hydrogens is 406 g/mol. The van der Waals surface area contributed by atoms with Crippen LogP contribution in [0.4, 0.5) is 0 Å². The van der Waals surface area contributed by atoms with Gasteiger partial charge in [0.2, 0.25) is 0 Å². The summed E-state index contributed by atoms with van der Waals surface area (Å²) in [6, 6.07) is 16.6. The first-order valence-corrected chi connectivity index (χ1v) is 10.5. The molecular formula is C25H23N3O4. The van der Waals surface area contributed by atoms with Gasteiger partial charge >= 0.3 is 0 Å². The van der Waals surface area contributed by atoms with E-state index in [1.54, 1.807) is 18.2 Å². The molecule has 0 saturated carbocycles. The SMILES string of the molecule is Cc1cc(C(=O)Cn2cnc3ccccc3c2=O)c(C)n1C[C@@H]1COc2ccccc2O1. The number of carbonyl (C=O) groups excluding carboxylic acids is 1. The maximum Gasteiger partial charge on any atom is 0.261 e. The zero-order valence-electron chi connectivity index (χ0n) is 17.9. The van der Waals surface area contributed by atoms with Gasteiger partial charge in [0.15, 0.2) is 23.4 Å². The average Bonchev–Trinajstić information content (AvgIpc) is 3.09. The van der Waals surface area contributed by atoms with Crippen LogP contribution in [0.5, 0.6) is 11.5 Å². The van der Waals surface area contributed by atoms with Gasteiger partial charge in [-0.1, -0.05) is 24.3 Å². The molecule has 0 radical (unpaired) electrons. The molecule has 0 saturated heterocycles. The lowest BCUT2D eigenvalue weighted by Gasteiger charge is -2.27. The van der Waals surface area contributed by atoms with Crippen molar-refractivity contribution in [3.63, 3.8) is 0 Å². The number of rotatable bonds is 5. The van der Waals surface area contributed by atoms with Gasteiger partial charge in [0, 0.05) is 17.0 Å². The summed E-state index contributed by atoms with van der Waals surface area (Å²) in [6.45, 7) is 4.83. The Morgan fingerprint density at radius 1 is 1.09 bits per heavy atom. The fourth-order valence-corrected chi connectivity index (χ4v) is 4.18. The first-order valence-electron chi connectivity index (χ1n) is 10.5. The standard InChI is InChI=1S/C25H23N3O4/c1-16-11-20(22(29)13-27-15-26-21-8-4-3-7-19(21)25(27)30)17(2)28(16)12-18-14-31-23-9-5-6-10-24(23)32-18/h3-11,15,18H,12-14H2,1-2H3/t18-/m1/s1. The van der Waals surface area contributed by atoms with Crippen LogP contribution in [0.15, 0.2) is 65.7 Å². The van der Waals surface area contributed by atoms with Gasteiger partial charge in [-0.05, 0) is 44.2 Å². The molecule has 3 heterocycles. The van der Waals surface area contributed by atoms with Crippen molar-refractivity contribution >= 4 is 16.7 Å². The molecule has 32 heavy (non-hydrogen) atoms. The monoisotopic (exact) mass is 429 g/mol. The third kappa shape index (κ3) is 3.56. The van der Waals surface area contributed by atoms with Crippen molar-refractivity contribution in [3.8, 4) is 11.5 Å². The molecule has 7 nitrogen and oxygen atoms in total. The van der Waals surface area contributed by atoms with Gasteiger partial charge in [-0.2, -0.15) is 0 Å². The fraction of sp³-hybridized carbons (Fsp3) is 0.240. The molecule has 0 unspecified atom stereocenters. The van der Waals surface area contributed by atoms with E-state index in [-0.39, 0.29) is 24.0 Å². The summed E-state index contributed by atoms with van der Waals surface area (Å²) in [6.07, 6.45) is 1.27. The first kappa shape index (κ1) is 20.1. The minimum absolute atomic E-state index is 0.0582. The Hall–Kier alpha value is -3.87. The predicted molar refractivity (Wildman–Crippen MR) is 121 cm³/mol. The number of Topliss-reactive ketones (excluding diaryl/α,β-unsaturated/α-hetero) is 1. The molecule has 1 atom stereocenters. The van der Waals surface area contributed by atoms with Crippen molar-refractivity contribution in [3.05, 3.63) is 88.2 Å². The summed E-state index contributed by atoms with van der Waals surface area (Å²) in [7, 11) is 0. The number of carbonyl (C=O) groups is 1. The smallest absolute Gasteiger partial charge is 0.261 e. The zero-order valence-corrected chi connectivity index (χ0v) is 17.9. The summed E-state index contributed by atoms with van der Waals surface area (Å²) in [5, 5.41) is 0.503. The van der Waals surface area contributed by atoms with Crippen molar-refractivity contribution in [1.29, 1.82) is 0 Å². The third-order valence-electron chi connectivity index (χ3n) is 5.87. The van der Waals surface area contributed by atoms with Gasteiger partial charge < -0.3 is 14.0 Å². The van der Waals surface area contributed by atoms with Crippen LogP contribution in [0.25, 0.3) is 10.9 Å². The third-order valence-corrected chi connectivity index (χ3v) is 5.87. The quantitative estimate of drug-likeness (QED) is 0.454. The molecule has 7 heteroatoms. The van der Waals surface area contributed by atoms with Gasteiger partial charge in [-0.3, -0.25) is 14.2 Å². The highest BCUT2D eigenvalue weighted by molar-refractivity contribution is 5.97. The Balaban J connectivity index is 1.37. The summed E-state index contributed by atoms with van der Waals surface area (Å²) in [5.41, 5.74) is 2.80. The maximum atomic E-state index is 13.1. The van der Waals surface area contributed by atoms with Gasteiger partial charge in [0.1, 0.15) is 6.61 Å². The van der Waals surface area contributed by atoms with Crippen molar-refractivity contribution in [2.24, 2.45) is 0 Å². The lowest BCUT2D eigenvalue weighted by Crippen LogP contribution is -2.33. The van der Waals surface area contributed by atoms with Crippen molar-refractivity contribution in [2.45, 2.75) is 33.0 Å². The normalized spacial score (nSPS) is 15.1. The summed E-state index contributed by atoms with van der Waals surface area (Å²) in [4.78, 5) is 30.1. The second-order valence-corrected chi connectivity index (χ2v) is 8.01. The number of fused-ring (bicyclic) bond motifs is 2. The zero-order chi connectivity index (χ0) is 22.2. The van der Waals surface area contributed by atoms with Crippen LogP contribution >= 0.6 is 0 Å². The van der Waals surface area contributed by atoms with Crippen molar-refractivity contribution < 1.29 is 14.3 Å². The molecule has 0 spiro atoms. The molecule has 2 aromatic heterocycles. The molecule has 2 aromatic carbocycles. The number of aromatic nitrogens is 3. The summed E-state index contributed by atoms with van der Waals surface area (Å²) < 4.78 is 15.3. The van der Waals surface area contributed by atoms with Crippen molar-refractivity contribution in [1.82, 2.24) is 14.1 Å². The van der Waals surface area contributed by atoms with Gasteiger partial charge in [0.05, 0.1) is 30.3 Å². The molecule has 4 aromatic rings. The number of benzene rings is 2. The number of para-hydroxylation sites is 3. The Bertz CT molecular complexity index is 1390. The van der Waals surface area contributed by atoms with E-state index in [9.17, 15) is 9.59 Å². The van der Waals surface area contributed by atoms with E-state index in [4.69, 9.17) is 9.47 Å². The van der Waals surface area contributed by atoms with Crippen LogP contribution in [-0.4, -0.2) is 32.6 Å². The molecule has 0 bridgehead atoms. The van der Waals surface area contributed by atoms with E-state index in [1.165, 1.54) is 10.9 Å². The van der Waals surface area contributed by atoms with Crippen LogP contribution in [0.1, 0.15) is 21.7 Å². The van der Waals surface area contributed by atoms with Gasteiger partial charge in [-0.15, -0.1) is 0 Å². The molecule has 0 fully saturated rings. The molecule has 1 aliphatic rings. The van der Waals surface area contributed by atoms with Crippen LogP contribution in [-0.2, 0) is 13.1 Å². The topological polar surface area (TPSA) is 75.4 Å². The Morgan fingerprint density at radius 3 is 2.69 bits per heavy atom. The lowest BCUT2D eigenvalue weighted by atomic mass is 10.1.